The zero-order chi connectivity index (χ0) is 26.2. The van der Waals surface area contributed by atoms with Crippen LogP contribution in [0.3, 0.4) is 0 Å². The molecule has 36 heavy (non-hydrogen) atoms. The van der Waals surface area contributed by atoms with Crippen LogP contribution in [0, 0.1) is 0 Å². The molecule has 0 aliphatic rings. The third-order valence-electron chi connectivity index (χ3n) is 6.52. The van der Waals surface area contributed by atoms with E-state index in [0.717, 1.165) is 24.0 Å². The molecule has 3 aromatic carbocycles. The highest BCUT2D eigenvalue weighted by molar-refractivity contribution is 7.62. The van der Waals surface area contributed by atoms with Crippen LogP contribution in [0.4, 0.5) is 5.69 Å². The average molecular weight is 508 g/mol. The fourth-order valence-corrected chi connectivity index (χ4v) is 7.07. The number of hydrogen-bond acceptors (Lipinski definition) is 5. The third-order valence-corrected chi connectivity index (χ3v) is 9.73. The summed E-state index contributed by atoms with van der Waals surface area (Å²) in [6.45, 7) is 2.83. The predicted molar refractivity (Wildman–Crippen MR) is 144 cm³/mol. The number of methoxy groups -OCH3 is 1. The second kappa shape index (κ2) is 12.2. The maximum Gasteiger partial charge on any atom is 0.342 e. The van der Waals surface area contributed by atoms with Crippen LogP contribution in [-0.2, 0) is 29.8 Å². The first kappa shape index (κ1) is 27.4. The second-order valence-corrected chi connectivity index (χ2v) is 11.8. The standard InChI is InChI=1S/C29H34NO5P/c1-23(31)30(27-20-18-26(19-21-27)25-16-9-6-10-17-25)29(2,28(32)34-3)36(33,35-4)22-12-11-15-24-13-7-5-8-14-24/h5-10,13-14,16-21H,11-12,15,22H2,1-4H3/t29-,36?/m1/s1. The molecular weight excluding hydrogens is 473 g/mol. The number of nitrogens with zero attached hydrogens (tertiary/aromatic N) is 1. The first-order valence-electron chi connectivity index (χ1n) is 12.0. The minimum absolute atomic E-state index is 0.133. The van der Waals surface area contributed by atoms with E-state index in [4.69, 9.17) is 9.26 Å². The third kappa shape index (κ3) is 5.77. The summed E-state index contributed by atoms with van der Waals surface area (Å²) in [5.41, 5.74) is 3.61. The van der Waals surface area contributed by atoms with Crippen molar-refractivity contribution in [3.63, 3.8) is 0 Å². The lowest BCUT2D eigenvalue weighted by atomic mass is 10.0. The van der Waals surface area contributed by atoms with Gasteiger partial charge in [0.05, 0.1) is 7.11 Å². The minimum Gasteiger partial charge on any atom is -0.467 e. The molecule has 0 N–H and O–H groups in total. The van der Waals surface area contributed by atoms with E-state index < -0.39 is 24.5 Å². The van der Waals surface area contributed by atoms with Gasteiger partial charge in [0, 0.05) is 25.9 Å². The number of hydrogen-bond donors (Lipinski definition) is 0. The summed E-state index contributed by atoms with van der Waals surface area (Å²) < 4.78 is 25.0. The molecule has 3 aromatic rings. The number of carbonyl (C=O) groups is 2. The van der Waals surface area contributed by atoms with E-state index in [9.17, 15) is 14.2 Å². The molecule has 190 valence electrons. The Labute approximate surface area is 213 Å². The van der Waals surface area contributed by atoms with Gasteiger partial charge in [0.15, 0.2) is 0 Å². The number of unbranched alkanes of at least 4 members (excludes halogenated alkanes) is 1. The van der Waals surface area contributed by atoms with Crippen LogP contribution in [0.1, 0.15) is 32.3 Å². The lowest BCUT2D eigenvalue weighted by Crippen LogP contribution is -2.55. The Morgan fingerprint density at radius 2 is 1.39 bits per heavy atom. The molecule has 2 atom stereocenters. The number of esters is 1. The van der Waals surface area contributed by atoms with E-state index >= 15 is 0 Å². The number of benzene rings is 3. The van der Waals surface area contributed by atoms with Crippen LogP contribution in [0.2, 0.25) is 0 Å². The number of aryl methyl sites for hydroxylation is 1. The van der Waals surface area contributed by atoms with Gasteiger partial charge < -0.3 is 9.26 Å². The fourth-order valence-electron chi connectivity index (χ4n) is 4.53. The Bertz CT molecular complexity index is 1200. The molecule has 0 saturated carbocycles. The van der Waals surface area contributed by atoms with Gasteiger partial charge in [0.25, 0.3) is 0 Å². The van der Waals surface area contributed by atoms with Gasteiger partial charge in [-0.05, 0) is 55.0 Å². The zero-order valence-corrected chi connectivity index (χ0v) is 22.2. The highest BCUT2D eigenvalue weighted by Crippen LogP contribution is 2.61. The van der Waals surface area contributed by atoms with Crippen LogP contribution in [0.5, 0.6) is 0 Å². The van der Waals surface area contributed by atoms with Crippen molar-refractivity contribution in [2.45, 2.75) is 38.4 Å². The van der Waals surface area contributed by atoms with Crippen molar-refractivity contribution in [1.29, 1.82) is 0 Å². The Balaban J connectivity index is 1.92. The highest BCUT2D eigenvalue weighted by Gasteiger charge is 2.57. The van der Waals surface area contributed by atoms with Crippen molar-refractivity contribution in [3.05, 3.63) is 90.5 Å². The summed E-state index contributed by atoms with van der Waals surface area (Å²) in [4.78, 5) is 27.5. The van der Waals surface area contributed by atoms with E-state index in [1.54, 1.807) is 12.1 Å². The number of rotatable bonds is 11. The Morgan fingerprint density at radius 1 is 0.833 bits per heavy atom. The molecule has 0 spiro atoms. The SMILES string of the molecule is COC(=O)[C@](C)(N(C(C)=O)c1ccc(-c2ccccc2)cc1)P(=O)(CCCCc1ccccc1)OC. The average Bonchev–Trinajstić information content (AvgIpc) is 2.91. The summed E-state index contributed by atoms with van der Waals surface area (Å²) >= 11 is 0. The summed E-state index contributed by atoms with van der Waals surface area (Å²) in [6, 6.07) is 27.1. The van der Waals surface area contributed by atoms with Crippen molar-refractivity contribution in [2.75, 3.05) is 25.3 Å². The quantitative estimate of drug-likeness (QED) is 0.167. The second-order valence-electron chi connectivity index (χ2n) is 8.80. The van der Waals surface area contributed by atoms with Gasteiger partial charge in [0.2, 0.25) is 18.6 Å². The molecule has 1 unspecified atom stereocenters. The van der Waals surface area contributed by atoms with Crippen LogP contribution < -0.4 is 4.90 Å². The molecule has 7 heteroatoms. The van der Waals surface area contributed by atoms with Crippen molar-refractivity contribution in [1.82, 2.24) is 0 Å². The molecule has 0 saturated heterocycles. The Hall–Kier alpha value is -3.21. The fraction of sp³-hybridized carbons (Fsp3) is 0.310. The topological polar surface area (TPSA) is 72.9 Å². The van der Waals surface area contributed by atoms with Crippen LogP contribution in [0.25, 0.3) is 11.1 Å². The summed E-state index contributed by atoms with van der Waals surface area (Å²) in [6.07, 6.45) is 2.27. The molecule has 6 nitrogen and oxygen atoms in total. The van der Waals surface area contributed by atoms with Crippen LogP contribution in [-0.4, -0.2) is 37.5 Å². The van der Waals surface area contributed by atoms with Gasteiger partial charge in [-0.3, -0.25) is 14.3 Å². The maximum atomic E-state index is 14.3. The largest absolute Gasteiger partial charge is 0.467 e. The zero-order valence-electron chi connectivity index (χ0n) is 21.3. The predicted octanol–water partition coefficient (Wildman–Crippen LogP) is 6.54. The van der Waals surface area contributed by atoms with E-state index in [2.05, 4.69) is 0 Å². The highest BCUT2D eigenvalue weighted by atomic mass is 31.2. The maximum absolute atomic E-state index is 14.3. The molecule has 0 heterocycles. The first-order chi connectivity index (χ1) is 17.3. The minimum atomic E-state index is -3.73. The molecule has 0 aliphatic carbocycles. The van der Waals surface area contributed by atoms with Crippen molar-refractivity contribution < 1.29 is 23.4 Å². The smallest absolute Gasteiger partial charge is 0.342 e. The summed E-state index contributed by atoms with van der Waals surface area (Å²) in [7, 11) is -1.17. The molecule has 1 amide bonds. The number of carbonyl (C=O) groups excluding carboxylic acids is 2. The lowest BCUT2D eigenvalue weighted by Gasteiger charge is -2.42. The van der Waals surface area contributed by atoms with Gasteiger partial charge in [-0.2, -0.15) is 0 Å². The molecule has 0 aliphatic heterocycles. The van der Waals surface area contributed by atoms with Crippen molar-refractivity contribution in [3.8, 4) is 11.1 Å². The van der Waals surface area contributed by atoms with E-state index in [0.29, 0.717) is 12.1 Å². The number of anilines is 1. The Morgan fingerprint density at radius 3 is 1.92 bits per heavy atom. The molecule has 0 radical (unpaired) electrons. The molecule has 0 fully saturated rings. The molecule has 0 aromatic heterocycles. The first-order valence-corrected chi connectivity index (χ1v) is 13.8. The number of ether oxygens (including phenoxy) is 1. The monoisotopic (exact) mass is 507 g/mol. The lowest BCUT2D eigenvalue weighted by molar-refractivity contribution is -0.144. The normalized spacial score (nSPS) is 14.3. The van der Waals surface area contributed by atoms with Gasteiger partial charge in [-0.1, -0.05) is 72.8 Å². The van der Waals surface area contributed by atoms with Gasteiger partial charge >= 0.3 is 5.97 Å². The van der Waals surface area contributed by atoms with Gasteiger partial charge in [-0.15, -0.1) is 0 Å². The number of amides is 1. The molecule has 0 bridgehead atoms. The molecule has 3 rings (SSSR count). The summed E-state index contributed by atoms with van der Waals surface area (Å²) in [5.74, 6) is -1.21. The van der Waals surface area contributed by atoms with E-state index in [-0.39, 0.29) is 6.16 Å². The van der Waals surface area contributed by atoms with Crippen molar-refractivity contribution in [2.24, 2.45) is 0 Å². The van der Waals surface area contributed by atoms with E-state index in [1.165, 1.54) is 38.5 Å². The Kier molecular flexibility index (Phi) is 9.25. The van der Waals surface area contributed by atoms with Crippen LogP contribution in [0.15, 0.2) is 84.9 Å². The van der Waals surface area contributed by atoms with Crippen molar-refractivity contribution >= 4 is 24.9 Å². The molecular formula is C29H34NO5P. The summed E-state index contributed by atoms with van der Waals surface area (Å²) in [5, 5.41) is -1.83. The van der Waals surface area contributed by atoms with E-state index in [1.807, 2.05) is 72.8 Å². The van der Waals surface area contributed by atoms with Crippen LogP contribution >= 0.6 is 7.37 Å². The van der Waals surface area contributed by atoms with Gasteiger partial charge in [-0.25, -0.2) is 4.79 Å². The van der Waals surface area contributed by atoms with Gasteiger partial charge in [0.1, 0.15) is 0 Å².